The molecule has 0 aromatic heterocycles. The third kappa shape index (κ3) is 5.81. The molecule has 0 radical (unpaired) electrons. The van der Waals surface area contributed by atoms with Gasteiger partial charge in [-0.1, -0.05) is 35.9 Å². The van der Waals surface area contributed by atoms with Crippen LogP contribution >= 0.6 is 0 Å². The van der Waals surface area contributed by atoms with Gasteiger partial charge in [-0.2, -0.15) is 0 Å². The number of carbonyl (C=O) groups is 1. The van der Waals surface area contributed by atoms with Crippen LogP contribution in [0.1, 0.15) is 28.3 Å². The van der Waals surface area contributed by atoms with E-state index in [-0.39, 0.29) is 18.6 Å². The van der Waals surface area contributed by atoms with Crippen molar-refractivity contribution in [3.63, 3.8) is 0 Å². The standard InChI is InChI=1S/C23H30N2O3/c1-17-4-7-20(8-5-17)22(15-25-10-12-27-13-11-25)24-23(26)16-28-21-9-6-18(2)19(3)14-21/h4-9,14,22H,10-13,15-16H2,1-3H3,(H,24,26)/p+1/t22-/m1/s1. The highest BCUT2D eigenvalue weighted by Crippen LogP contribution is 2.17. The van der Waals surface area contributed by atoms with E-state index in [9.17, 15) is 4.79 Å². The number of rotatable bonds is 7. The Balaban J connectivity index is 1.62. The quantitative estimate of drug-likeness (QED) is 0.766. The van der Waals surface area contributed by atoms with E-state index in [0.717, 1.165) is 49.7 Å². The number of quaternary nitrogens is 1. The van der Waals surface area contributed by atoms with Gasteiger partial charge in [-0.05, 0) is 49.6 Å². The first-order valence-electron chi connectivity index (χ1n) is 9.98. The number of ether oxygens (including phenoxy) is 2. The summed E-state index contributed by atoms with van der Waals surface area (Å²) in [5.41, 5.74) is 4.71. The molecule has 1 atom stereocenters. The molecule has 5 nitrogen and oxygen atoms in total. The van der Waals surface area contributed by atoms with Gasteiger partial charge in [0, 0.05) is 0 Å². The average Bonchev–Trinajstić information content (AvgIpc) is 2.70. The topological polar surface area (TPSA) is 52.0 Å². The number of nitrogens with one attached hydrogen (secondary N) is 2. The van der Waals surface area contributed by atoms with Crippen LogP contribution in [0.5, 0.6) is 5.75 Å². The van der Waals surface area contributed by atoms with Crippen molar-refractivity contribution in [1.29, 1.82) is 0 Å². The fraction of sp³-hybridized carbons (Fsp3) is 0.435. The van der Waals surface area contributed by atoms with E-state index >= 15 is 0 Å². The fourth-order valence-corrected chi connectivity index (χ4v) is 3.39. The number of carbonyl (C=O) groups excluding carboxylic acids is 1. The minimum atomic E-state index is -0.100. The maximum Gasteiger partial charge on any atom is 0.258 e. The Hall–Kier alpha value is -2.37. The zero-order valence-corrected chi connectivity index (χ0v) is 17.1. The molecule has 1 aliphatic rings. The summed E-state index contributed by atoms with van der Waals surface area (Å²) in [6.07, 6.45) is 0. The van der Waals surface area contributed by atoms with E-state index in [2.05, 4.69) is 43.4 Å². The largest absolute Gasteiger partial charge is 0.484 e. The van der Waals surface area contributed by atoms with Gasteiger partial charge in [-0.25, -0.2) is 0 Å². The molecule has 3 rings (SSSR count). The van der Waals surface area contributed by atoms with E-state index in [0.29, 0.717) is 0 Å². The van der Waals surface area contributed by atoms with E-state index in [1.165, 1.54) is 16.0 Å². The molecule has 1 saturated heterocycles. The Kier molecular flexibility index (Phi) is 7.06. The summed E-state index contributed by atoms with van der Waals surface area (Å²) in [6.45, 7) is 10.5. The van der Waals surface area contributed by atoms with Gasteiger partial charge in [0.25, 0.3) is 5.91 Å². The zero-order chi connectivity index (χ0) is 19.9. The first-order valence-corrected chi connectivity index (χ1v) is 9.98. The number of amides is 1. The van der Waals surface area contributed by atoms with E-state index < -0.39 is 0 Å². The molecule has 0 bridgehead atoms. The average molecular weight is 384 g/mol. The first kappa shape index (κ1) is 20.4. The van der Waals surface area contributed by atoms with E-state index in [1.54, 1.807) is 0 Å². The van der Waals surface area contributed by atoms with Gasteiger partial charge in [-0.15, -0.1) is 0 Å². The molecule has 28 heavy (non-hydrogen) atoms. The van der Waals surface area contributed by atoms with Crippen LogP contribution in [0.3, 0.4) is 0 Å². The summed E-state index contributed by atoms with van der Waals surface area (Å²) in [6, 6.07) is 14.2. The van der Waals surface area contributed by atoms with Crippen molar-refractivity contribution in [2.75, 3.05) is 39.5 Å². The smallest absolute Gasteiger partial charge is 0.258 e. The number of morpholine rings is 1. The van der Waals surface area contributed by atoms with Gasteiger partial charge in [0.15, 0.2) is 6.61 Å². The first-order chi connectivity index (χ1) is 13.5. The number of benzene rings is 2. The van der Waals surface area contributed by atoms with Crippen LogP contribution in [0.15, 0.2) is 42.5 Å². The Labute approximate surface area is 167 Å². The second-order valence-electron chi connectivity index (χ2n) is 7.63. The molecule has 0 spiro atoms. The highest BCUT2D eigenvalue weighted by Gasteiger charge is 2.23. The van der Waals surface area contributed by atoms with Crippen molar-refractivity contribution >= 4 is 5.91 Å². The highest BCUT2D eigenvalue weighted by molar-refractivity contribution is 5.78. The normalized spacial score (nSPS) is 15.8. The molecule has 0 saturated carbocycles. The zero-order valence-electron chi connectivity index (χ0n) is 17.1. The number of aryl methyl sites for hydroxylation is 3. The summed E-state index contributed by atoms with van der Waals surface area (Å²) in [4.78, 5) is 14.0. The molecule has 5 heteroatoms. The third-order valence-electron chi connectivity index (χ3n) is 5.36. The highest BCUT2D eigenvalue weighted by atomic mass is 16.5. The Morgan fingerprint density at radius 1 is 1.07 bits per heavy atom. The predicted molar refractivity (Wildman–Crippen MR) is 110 cm³/mol. The van der Waals surface area contributed by atoms with Gasteiger partial charge in [0.2, 0.25) is 0 Å². The molecule has 150 valence electrons. The molecular weight excluding hydrogens is 352 g/mol. The minimum Gasteiger partial charge on any atom is -0.484 e. The van der Waals surface area contributed by atoms with Crippen LogP contribution in [0.2, 0.25) is 0 Å². The summed E-state index contributed by atoms with van der Waals surface area (Å²) in [7, 11) is 0. The molecule has 1 amide bonds. The summed E-state index contributed by atoms with van der Waals surface area (Å²) < 4.78 is 11.2. The molecule has 0 aliphatic carbocycles. The van der Waals surface area contributed by atoms with Crippen molar-refractivity contribution in [3.8, 4) is 5.75 Å². The lowest BCUT2D eigenvalue weighted by Crippen LogP contribution is -3.14. The predicted octanol–water partition coefficient (Wildman–Crippen LogP) is 1.76. The van der Waals surface area contributed by atoms with Crippen LogP contribution in [0, 0.1) is 20.8 Å². The van der Waals surface area contributed by atoms with Crippen LogP contribution in [0.4, 0.5) is 0 Å². The minimum absolute atomic E-state index is 0.0172. The molecule has 1 heterocycles. The lowest BCUT2D eigenvalue weighted by atomic mass is 10.0. The summed E-state index contributed by atoms with van der Waals surface area (Å²) >= 11 is 0. The van der Waals surface area contributed by atoms with Gasteiger partial charge in [0.1, 0.15) is 31.4 Å². The van der Waals surface area contributed by atoms with Crippen molar-refractivity contribution in [3.05, 3.63) is 64.7 Å². The van der Waals surface area contributed by atoms with Gasteiger partial charge >= 0.3 is 0 Å². The van der Waals surface area contributed by atoms with E-state index in [1.807, 2.05) is 25.1 Å². The monoisotopic (exact) mass is 383 g/mol. The van der Waals surface area contributed by atoms with Crippen molar-refractivity contribution in [1.82, 2.24) is 5.32 Å². The molecule has 2 aromatic rings. The molecule has 2 aromatic carbocycles. The summed E-state index contributed by atoms with van der Waals surface area (Å²) in [5.74, 6) is 0.625. The number of hydrogen-bond acceptors (Lipinski definition) is 3. The van der Waals surface area contributed by atoms with E-state index in [4.69, 9.17) is 9.47 Å². The molecule has 1 aliphatic heterocycles. The summed E-state index contributed by atoms with van der Waals surface area (Å²) in [5, 5.41) is 3.17. The molecular formula is C23H31N2O3+. The third-order valence-corrected chi connectivity index (χ3v) is 5.36. The maximum absolute atomic E-state index is 12.6. The van der Waals surface area contributed by atoms with Crippen LogP contribution in [-0.4, -0.2) is 45.4 Å². The molecule has 2 N–H and O–H groups in total. The van der Waals surface area contributed by atoms with Crippen LogP contribution in [0.25, 0.3) is 0 Å². The Bertz CT molecular complexity index is 783. The lowest BCUT2D eigenvalue weighted by molar-refractivity contribution is -0.909. The van der Waals surface area contributed by atoms with Crippen LogP contribution < -0.4 is 15.0 Å². The van der Waals surface area contributed by atoms with Gasteiger partial charge in [-0.3, -0.25) is 4.79 Å². The number of hydrogen-bond donors (Lipinski definition) is 2. The molecule has 1 fully saturated rings. The van der Waals surface area contributed by atoms with Gasteiger partial charge in [0.05, 0.1) is 13.2 Å². The van der Waals surface area contributed by atoms with Crippen molar-refractivity contribution in [2.45, 2.75) is 26.8 Å². The van der Waals surface area contributed by atoms with Gasteiger partial charge < -0.3 is 19.7 Å². The second kappa shape index (κ2) is 9.71. The Morgan fingerprint density at radius 3 is 2.46 bits per heavy atom. The van der Waals surface area contributed by atoms with Crippen molar-refractivity contribution < 1.29 is 19.2 Å². The SMILES string of the molecule is Cc1ccc([C@@H](C[NH+]2CCOCC2)NC(=O)COc2ccc(C)c(C)c2)cc1. The second-order valence-corrected chi connectivity index (χ2v) is 7.63. The van der Waals surface area contributed by atoms with Crippen LogP contribution in [-0.2, 0) is 9.53 Å². The fourth-order valence-electron chi connectivity index (χ4n) is 3.39. The van der Waals surface area contributed by atoms with Crippen molar-refractivity contribution in [2.24, 2.45) is 0 Å². The lowest BCUT2D eigenvalue weighted by Gasteiger charge is -2.28. The Morgan fingerprint density at radius 2 is 1.79 bits per heavy atom. The molecule has 0 unspecified atom stereocenters. The maximum atomic E-state index is 12.6.